The molecule has 0 bridgehead atoms. The van der Waals surface area contributed by atoms with Gasteiger partial charge >= 0.3 is 6.18 Å². The van der Waals surface area contributed by atoms with Crippen LogP contribution in [-0.2, 0) is 12.8 Å². The molecule has 0 amide bonds. The van der Waals surface area contributed by atoms with Crippen molar-refractivity contribution >= 4 is 11.3 Å². The second-order valence-electron chi connectivity index (χ2n) is 6.06. The molecule has 5 heteroatoms. The molecule has 2 nitrogen and oxygen atoms in total. The number of benzene rings is 1. The fraction of sp³-hybridized carbons (Fsp3) is 0.412. The van der Waals surface area contributed by atoms with E-state index in [1.54, 1.807) is 6.07 Å². The third-order valence-corrected chi connectivity index (χ3v) is 4.61. The van der Waals surface area contributed by atoms with Gasteiger partial charge in [0.2, 0.25) is 0 Å². The number of rotatable bonds is 0. The predicted octanol–water partition coefficient (Wildman–Crippen LogP) is 4.24. The number of alkyl halides is 3. The quantitative estimate of drug-likeness (QED) is 0.711. The summed E-state index contributed by atoms with van der Waals surface area (Å²) in [5.41, 5.74) is 2.59. The van der Waals surface area contributed by atoms with E-state index in [9.17, 15) is 13.2 Å². The Kier molecular flexibility index (Phi) is 2.83. The molecule has 0 aromatic heterocycles. The Hall–Kier alpha value is -1.91. The van der Waals surface area contributed by atoms with Crippen LogP contribution in [-0.4, -0.2) is 19.3 Å². The first-order valence-corrected chi connectivity index (χ1v) is 7.55. The van der Waals surface area contributed by atoms with Gasteiger partial charge in [-0.25, -0.2) is 0 Å². The number of allylic oxidation sites excluding steroid dienone is 2. The van der Waals surface area contributed by atoms with Gasteiger partial charge in [-0.1, -0.05) is 6.58 Å². The molecule has 0 unspecified atom stereocenters. The topological polar surface area (TPSA) is 12.5 Å². The van der Waals surface area contributed by atoms with Gasteiger partial charge in [-0.2, -0.15) is 13.2 Å². The van der Waals surface area contributed by atoms with E-state index in [0.717, 1.165) is 61.7 Å². The van der Waals surface area contributed by atoms with E-state index in [1.165, 1.54) is 0 Å². The van der Waals surface area contributed by atoms with Gasteiger partial charge in [-0.15, -0.1) is 0 Å². The maximum Gasteiger partial charge on any atom is 0.417 e. The van der Waals surface area contributed by atoms with Gasteiger partial charge in [0.25, 0.3) is 0 Å². The lowest BCUT2D eigenvalue weighted by atomic mass is 9.86. The SMILES string of the molecule is C=C1C=C(C(F)(F)F)c2cc3c4c(c2O1)CCCN4CCC3. The third-order valence-electron chi connectivity index (χ3n) is 4.61. The average Bonchev–Trinajstić information content (AvgIpc) is 2.47. The van der Waals surface area contributed by atoms with Gasteiger partial charge in [0.05, 0.1) is 5.57 Å². The van der Waals surface area contributed by atoms with E-state index >= 15 is 0 Å². The maximum absolute atomic E-state index is 13.4. The Balaban J connectivity index is 1.98. The first kappa shape index (κ1) is 13.7. The zero-order valence-corrected chi connectivity index (χ0v) is 12.1. The monoisotopic (exact) mass is 307 g/mol. The number of hydrogen-bond donors (Lipinski definition) is 0. The molecule has 0 radical (unpaired) electrons. The minimum Gasteiger partial charge on any atom is -0.457 e. The summed E-state index contributed by atoms with van der Waals surface area (Å²) in [4.78, 5) is 2.29. The van der Waals surface area contributed by atoms with Crippen LogP contribution in [0, 0.1) is 0 Å². The Morgan fingerprint density at radius 3 is 2.59 bits per heavy atom. The highest BCUT2D eigenvalue weighted by molar-refractivity contribution is 5.83. The van der Waals surface area contributed by atoms with Crippen molar-refractivity contribution in [2.24, 2.45) is 0 Å². The molecule has 0 N–H and O–H groups in total. The molecule has 1 aromatic rings. The van der Waals surface area contributed by atoms with Crippen LogP contribution in [0.3, 0.4) is 0 Å². The first-order chi connectivity index (χ1) is 10.4. The van der Waals surface area contributed by atoms with E-state index in [-0.39, 0.29) is 11.3 Å². The van der Waals surface area contributed by atoms with E-state index in [0.29, 0.717) is 5.75 Å². The third kappa shape index (κ3) is 1.95. The summed E-state index contributed by atoms with van der Waals surface area (Å²) in [7, 11) is 0. The maximum atomic E-state index is 13.4. The van der Waals surface area contributed by atoms with Crippen molar-refractivity contribution in [3.05, 3.63) is 41.2 Å². The number of hydrogen-bond acceptors (Lipinski definition) is 2. The smallest absolute Gasteiger partial charge is 0.417 e. The van der Waals surface area contributed by atoms with Gasteiger partial charge < -0.3 is 9.64 Å². The summed E-state index contributed by atoms with van der Waals surface area (Å²) < 4.78 is 45.8. The average molecular weight is 307 g/mol. The summed E-state index contributed by atoms with van der Waals surface area (Å²) >= 11 is 0. The second kappa shape index (κ2) is 4.54. The Labute approximate surface area is 126 Å². The molecular formula is C17H16F3NO. The molecule has 0 fully saturated rings. The molecule has 3 aliphatic rings. The lowest BCUT2D eigenvalue weighted by Crippen LogP contribution is -2.35. The van der Waals surface area contributed by atoms with Crippen molar-refractivity contribution in [2.45, 2.75) is 31.9 Å². The van der Waals surface area contributed by atoms with Gasteiger partial charge in [0.15, 0.2) is 0 Å². The first-order valence-electron chi connectivity index (χ1n) is 7.55. The van der Waals surface area contributed by atoms with E-state index < -0.39 is 11.7 Å². The summed E-state index contributed by atoms with van der Waals surface area (Å²) in [5.74, 6) is 0.425. The molecule has 0 spiro atoms. The van der Waals surface area contributed by atoms with Crippen molar-refractivity contribution in [3.63, 3.8) is 0 Å². The molecule has 0 aliphatic carbocycles. The zero-order valence-electron chi connectivity index (χ0n) is 12.1. The molecule has 0 saturated carbocycles. The minimum atomic E-state index is -4.40. The van der Waals surface area contributed by atoms with Crippen molar-refractivity contribution < 1.29 is 17.9 Å². The highest BCUT2D eigenvalue weighted by Crippen LogP contribution is 2.49. The van der Waals surface area contributed by atoms with E-state index in [2.05, 4.69) is 11.5 Å². The van der Waals surface area contributed by atoms with Crippen LogP contribution >= 0.6 is 0 Å². The molecule has 1 aromatic carbocycles. The van der Waals surface area contributed by atoms with E-state index in [4.69, 9.17) is 4.74 Å². The Morgan fingerprint density at radius 1 is 1.14 bits per heavy atom. The fourth-order valence-electron chi connectivity index (χ4n) is 3.78. The van der Waals surface area contributed by atoms with Crippen LogP contribution in [0.2, 0.25) is 0 Å². The van der Waals surface area contributed by atoms with Crippen molar-refractivity contribution in [2.75, 3.05) is 18.0 Å². The number of nitrogens with zero attached hydrogens (tertiary/aromatic N) is 1. The van der Waals surface area contributed by atoms with Crippen LogP contribution in [0.4, 0.5) is 18.9 Å². The van der Waals surface area contributed by atoms with Gasteiger partial charge in [0, 0.05) is 29.9 Å². The van der Waals surface area contributed by atoms with Crippen LogP contribution in [0.1, 0.15) is 29.5 Å². The molecule has 0 saturated heterocycles. The lowest BCUT2D eigenvalue weighted by Gasteiger charge is -2.39. The van der Waals surface area contributed by atoms with Gasteiger partial charge in [0.1, 0.15) is 11.5 Å². The largest absolute Gasteiger partial charge is 0.457 e. The highest BCUT2D eigenvalue weighted by Gasteiger charge is 2.41. The van der Waals surface area contributed by atoms with Crippen LogP contribution < -0.4 is 9.64 Å². The molecular weight excluding hydrogens is 291 g/mol. The molecule has 0 atom stereocenters. The van der Waals surface area contributed by atoms with Crippen LogP contribution in [0.25, 0.3) is 5.57 Å². The summed E-state index contributed by atoms with van der Waals surface area (Å²) in [5, 5.41) is 0. The summed E-state index contributed by atoms with van der Waals surface area (Å²) in [6.45, 7) is 5.54. The van der Waals surface area contributed by atoms with Crippen molar-refractivity contribution in [3.8, 4) is 5.75 Å². The predicted molar refractivity (Wildman–Crippen MR) is 79.1 cm³/mol. The molecule has 3 aliphatic heterocycles. The second-order valence-corrected chi connectivity index (χ2v) is 6.06. The van der Waals surface area contributed by atoms with Crippen LogP contribution in [0.5, 0.6) is 5.75 Å². The number of anilines is 1. The molecule has 3 heterocycles. The minimum absolute atomic E-state index is 0.0592. The summed E-state index contributed by atoms with van der Waals surface area (Å²) in [6, 6.07) is 1.68. The van der Waals surface area contributed by atoms with Gasteiger partial charge in [-0.05, 0) is 43.4 Å². The Morgan fingerprint density at radius 2 is 1.86 bits per heavy atom. The number of aryl methyl sites for hydroxylation is 1. The van der Waals surface area contributed by atoms with Gasteiger partial charge in [-0.3, -0.25) is 0 Å². The highest BCUT2D eigenvalue weighted by atomic mass is 19.4. The van der Waals surface area contributed by atoms with E-state index in [1.807, 2.05) is 0 Å². The Bertz CT molecular complexity index is 701. The molecule has 116 valence electrons. The molecule has 22 heavy (non-hydrogen) atoms. The van der Waals surface area contributed by atoms with Crippen molar-refractivity contribution in [1.82, 2.24) is 0 Å². The summed E-state index contributed by atoms with van der Waals surface area (Å²) in [6.07, 6.45) is 0.141. The normalized spacial score (nSPS) is 20.0. The molecule has 4 rings (SSSR count). The van der Waals surface area contributed by atoms with Crippen molar-refractivity contribution in [1.29, 1.82) is 0 Å². The number of ether oxygens (including phenoxy) is 1. The zero-order chi connectivity index (χ0) is 15.5. The van der Waals surface area contributed by atoms with Crippen LogP contribution in [0.15, 0.2) is 24.5 Å². The fourth-order valence-corrected chi connectivity index (χ4v) is 3.78. The standard InChI is InChI=1S/C17H16F3NO/c1-10-8-14(17(18,19)20)13-9-11-4-2-6-21-7-3-5-12(15(11)21)16(13)22-10/h8-9H,1-7H2. The number of fused-ring (bicyclic) bond motifs is 2. The number of halogens is 3. The lowest BCUT2D eigenvalue weighted by molar-refractivity contribution is -0.0694.